The van der Waals surface area contributed by atoms with Crippen molar-refractivity contribution in [3.05, 3.63) is 229 Å². The van der Waals surface area contributed by atoms with Crippen molar-refractivity contribution in [1.29, 1.82) is 0 Å². The molecule has 0 saturated carbocycles. The second-order valence-electron chi connectivity index (χ2n) is 18.0. The maximum Gasteiger partial charge on any atom is 0.159 e. The Hall–Kier alpha value is -8.42. The zero-order valence-corrected chi connectivity index (χ0v) is 38.5. The molecule has 69 heavy (non-hydrogen) atoms. The highest BCUT2D eigenvalue weighted by molar-refractivity contribution is 7.26. The van der Waals surface area contributed by atoms with Gasteiger partial charge in [-0.1, -0.05) is 170 Å². The smallest absolute Gasteiger partial charge is 0.159 e. The third-order valence-corrected chi connectivity index (χ3v) is 16.5. The van der Waals surface area contributed by atoms with Gasteiger partial charge in [0.05, 0.1) is 0 Å². The lowest BCUT2D eigenvalue weighted by Gasteiger charge is -2.24. The van der Waals surface area contributed by atoms with Crippen LogP contribution >= 0.6 is 22.7 Å². The first-order chi connectivity index (χ1) is 34.2. The second kappa shape index (κ2) is 15.0. The third-order valence-electron chi connectivity index (χ3n) is 14.1. The summed E-state index contributed by atoms with van der Waals surface area (Å²) in [5.74, 6) is 1.46. The van der Waals surface area contributed by atoms with Gasteiger partial charge in [0.25, 0.3) is 0 Å². The van der Waals surface area contributed by atoms with Crippen LogP contribution in [0.15, 0.2) is 227 Å². The maximum atomic E-state index is 6.70. The fourth-order valence-corrected chi connectivity index (χ4v) is 13.4. The molecule has 0 amide bonds. The van der Waals surface area contributed by atoms with Crippen molar-refractivity contribution in [1.82, 2.24) is 5.32 Å². The molecule has 0 bridgehead atoms. The second-order valence-corrected chi connectivity index (χ2v) is 20.1. The lowest BCUT2D eigenvalue weighted by atomic mass is 9.93. The Labute approximate surface area is 403 Å². The van der Waals surface area contributed by atoms with Crippen LogP contribution in [-0.4, -0.2) is 11.7 Å². The summed E-state index contributed by atoms with van der Waals surface area (Å²) >= 11 is 3.75. The number of aliphatic imine (C=N–C) groups is 2. The van der Waals surface area contributed by atoms with Crippen molar-refractivity contribution in [2.45, 2.75) is 6.17 Å². The van der Waals surface area contributed by atoms with Crippen LogP contribution in [0.4, 0.5) is 0 Å². The summed E-state index contributed by atoms with van der Waals surface area (Å²) in [6.45, 7) is 0. The van der Waals surface area contributed by atoms with E-state index in [1.807, 2.05) is 40.9 Å². The first-order valence-corrected chi connectivity index (χ1v) is 25.0. The molecular formula is C63H37N3OS2. The Morgan fingerprint density at radius 2 is 0.971 bits per heavy atom. The van der Waals surface area contributed by atoms with Crippen LogP contribution in [-0.2, 0) is 0 Å². The van der Waals surface area contributed by atoms with E-state index in [2.05, 4.69) is 199 Å². The van der Waals surface area contributed by atoms with Gasteiger partial charge in [-0.15, -0.1) is 22.7 Å². The fraction of sp³-hybridized carbons (Fsp3) is 0.0159. The number of fused-ring (bicyclic) bond motifs is 15. The van der Waals surface area contributed by atoms with Crippen LogP contribution in [0.3, 0.4) is 0 Å². The topological polar surface area (TPSA) is 49.9 Å². The summed E-state index contributed by atoms with van der Waals surface area (Å²) in [6.07, 6.45) is -0.449. The molecule has 3 aromatic heterocycles. The third kappa shape index (κ3) is 5.99. The van der Waals surface area contributed by atoms with Crippen LogP contribution in [0, 0.1) is 0 Å². The Morgan fingerprint density at radius 3 is 1.77 bits per heavy atom. The highest BCUT2D eigenvalue weighted by Crippen LogP contribution is 2.47. The van der Waals surface area contributed by atoms with Gasteiger partial charge in [0, 0.05) is 67.8 Å². The number of benzene rings is 11. The largest absolute Gasteiger partial charge is 0.456 e. The number of hydrogen-bond donors (Lipinski definition) is 1. The Kier molecular flexibility index (Phi) is 8.43. The van der Waals surface area contributed by atoms with Gasteiger partial charge in [0.2, 0.25) is 0 Å². The van der Waals surface area contributed by atoms with E-state index in [1.165, 1.54) is 89.4 Å². The van der Waals surface area contributed by atoms with E-state index in [1.54, 1.807) is 0 Å². The molecule has 0 radical (unpaired) electrons. The molecule has 1 atom stereocenters. The normalized spacial score (nSPS) is 14.2. The van der Waals surface area contributed by atoms with Crippen LogP contribution in [0.5, 0.6) is 0 Å². The van der Waals surface area contributed by atoms with Crippen molar-refractivity contribution < 1.29 is 4.42 Å². The van der Waals surface area contributed by atoms with Gasteiger partial charge in [0.1, 0.15) is 23.2 Å². The zero-order valence-electron chi connectivity index (χ0n) is 36.9. The molecular weight excluding hydrogens is 879 g/mol. The molecule has 4 nitrogen and oxygen atoms in total. The van der Waals surface area contributed by atoms with Gasteiger partial charge in [-0.05, 0) is 97.0 Å². The summed E-state index contributed by atoms with van der Waals surface area (Å²) < 4.78 is 11.9. The van der Waals surface area contributed by atoms with E-state index in [4.69, 9.17) is 14.4 Å². The van der Waals surface area contributed by atoms with Gasteiger partial charge in [0.15, 0.2) is 5.84 Å². The average molecular weight is 916 g/mol. The number of nitrogens with one attached hydrogen (secondary N) is 1. The molecule has 1 unspecified atom stereocenters. The zero-order chi connectivity index (χ0) is 45.2. The number of thiophene rings is 2. The molecule has 0 spiro atoms. The molecule has 1 N–H and O–H groups in total. The van der Waals surface area contributed by atoms with Crippen LogP contribution < -0.4 is 5.32 Å². The van der Waals surface area contributed by atoms with E-state index in [-0.39, 0.29) is 0 Å². The number of nitrogens with zero attached hydrogens (tertiary/aromatic N) is 2. The molecule has 14 aromatic rings. The molecule has 4 heterocycles. The molecule has 322 valence electrons. The van der Waals surface area contributed by atoms with E-state index < -0.39 is 6.17 Å². The summed E-state index contributed by atoms with van der Waals surface area (Å²) in [5.41, 5.74) is 9.49. The lowest BCUT2D eigenvalue weighted by molar-refractivity contribution is 0.662. The first kappa shape index (κ1) is 38.7. The highest BCUT2D eigenvalue weighted by atomic mass is 32.1. The number of rotatable bonds is 5. The summed E-state index contributed by atoms with van der Waals surface area (Å²) in [6, 6.07) is 76.7. The van der Waals surface area contributed by atoms with Gasteiger partial charge < -0.3 is 9.73 Å². The van der Waals surface area contributed by atoms with Crippen LogP contribution in [0.25, 0.3) is 117 Å². The first-order valence-electron chi connectivity index (χ1n) is 23.3. The molecule has 11 aromatic carbocycles. The number of amidine groups is 2. The minimum atomic E-state index is -0.449. The van der Waals surface area contributed by atoms with Crippen LogP contribution in [0.1, 0.15) is 22.9 Å². The minimum Gasteiger partial charge on any atom is -0.456 e. The van der Waals surface area contributed by atoms with E-state index in [9.17, 15) is 0 Å². The minimum absolute atomic E-state index is 0.449. The quantitative estimate of drug-likeness (QED) is 0.175. The SMILES string of the molecule is c1ccc(C2=NC(c3cccc4oc5ccc(-c6ccc(-c7ccc8c(c7)sc7ccccc78)c7sc8ccccc8c67)cc5c34)NC(c3ccc4c5ccccc5c5ccccc5c4c3)=N2)cc1. The molecule has 6 heteroatoms. The summed E-state index contributed by atoms with van der Waals surface area (Å²) in [4.78, 5) is 10.7. The standard InChI is InChI=1S/C63H37N3OS2/c1-2-13-36(14-3-1)61-64-62(39-26-28-46-44-17-5-4-15-42(44)43-16-6-7-18-45(43)51(46)34-39)66-63(65-61)50-21-12-22-54-58(50)52-33-37(27-32-53(52)67-54)40-30-31-41(60-59(40)49-20-9-11-24-56(49)69-60)38-25-29-48-47-19-8-10-23-55(47)68-57(48)35-38/h1-35,63H,(H,64,65,66). The lowest BCUT2D eigenvalue weighted by Crippen LogP contribution is -2.33. The van der Waals surface area contributed by atoms with Gasteiger partial charge >= 0.3 is 0 Å². The van der Waals surface area contributed by atoms with Crippen LogP contribution in [0.2, 0.25) is 0 Å². The van der Waals surface area contributed by atoms with Crippen molar-refractivity contribution in [2.24, 2.45) is 9.98 Å². The van der Waals surface area contributed by atoms with Crippen molar-refractivity contribution in [2.75, 3.05) is 0 Å². The predicted octanol–water partition coefficient (Wildman–Crippen LogP) is 17.6. The fourth-order valence-electron chi connectivity index (χ4n) is 11.0. The Morgan fingerprint density at radius 1 is 0.377 bits per heavy atom. The van der Waals surface area contributed by atoms with Gasteiger partial charge in [-0.2, -0.15) is 0 Å². The molecule has 0 saturated heterocycles. The number of hydrogen-bond acceptors (Lipinski definition) is 6. The average Bonchev–Trinajstić information content (AvgIpc) is 4.12. The molecule has 0 fully saturated rings. The monoisotopic (exact) mass is 915 g/mol. The summed E-state index contributed by atoms with van der Waals surface area (Å²) in [5, 5.41) is 18.5. The molecule has 0 aliphatic carbocycles. The highest BCUT2D eigenvalue weighted by Gasteiger charge is 2.26. The predicted molar refractivity (Wildman–Crippen MR) is 295 cm³/mol. The van der Waals surface area contributed by atoms with Crippen molar-refractivity contribution in [3.63, 3.8) is 0 Å². The Balaban J connectivity index is 0.884. The van der Waals surface area contributed by atoms with E-state index in [0.29, 0.717) is 5.84 Å². The molecule has 15 rings (SSSR count). The van der Waals surface area contributed by atoms with Gasteiger partial charge in [-0.25, -0.2) is 9.98 Å². The summed E-state index contributed by atoms with van der Waals surface area (Å²) in [7, 11) is 0. The van der Waals surface area contributed by atoms with Crippen molar-refractivity contribution >= 4 is 129 Å². The Bertz CT molecular complexity index is 4500. The van der Waals surface area contributed by atoms with E-state index in [0.717, 1.165) is 50.0 Å². The van der Waals surface area contributed by atoms with E-state index >= 15 is 0 Å². The van der Waals surface area contributed by atoms with Crippen molar-refractivity contribution in [3.8, 4) is 22.3 Å². The maximum absolute atomic E-state index is 6.70. The van der Waals surface area contributed by atoms with Gasteiger partial charge in [-0.3, -0.25) is 0 Å². The molecule has 1 aliphatic rings. The number of furan rings is 1. The molecule has 1 aliphatic heterocycles.